The van der Waals surface area contributed by atoms with Gasteiger partial charge in [0.2, 0.25) is 5.91 Å². The van der Waals surface area contributed by atoms with Gasteiger partial charge in [-0.15, -0.1) is 0 Å². The molecule has 0 saturated heterocycles. The fourth-order valence-corrected chi connectivity index (χ4v) is 2.06. The molecule has 0 aliphatic rings. The number of rotatable bonds is 4. The van der Waals surface area contributed by atoms with Gasteiger partial charge in [0.15, 0.2) is 0 Å². The van der Waals surface area contributed by atoms with E-state index in [1.807, 2.05) is 6.07 Å². The topological polar surface area (TPSA) is 62.2 Å². The molecule has 0 unspecified atom stereocenters. The summed E-state index contributed by atoms with van der Waals surface area (Å²) in [6.45, 7) is 3.46. The van der Waals surface area contributed by atoms with Crippen molar-refractivity contribution >= 4 is 11.5 Å². The molecule has 0 aliphatic heterocycles. The van der Waals surface area contributed by atoms with Gasteiger partial charge in [-0.3, -0.25) is 15.0 Å². The van der Waals surface area contributed by atoms with E-state index in [9.17, 15) is 22.4 Å². The molecule has 1 amide bonds. The molecule has 2 aromatic rings. The van der Waals surface area contributed by atoms with Crippen molar-refractivity contribution in [2.24, 2.45) is 0 Å². The standard InChI is InChI=1S/C12H13F3N2O2.C7H7F/c1-2-8(4-6-11(18)17-19)9-3-5-10(16-7-9)12(13,14)15;1-6-4-2-3-5-7(6)8/h2-3,5,7,19H,4,6H2,1H3,(H,17,18);2-5H,1H3/b8-2+;. The van der Waals surface area contributed by atoms with E-state index in [-0.39, 0.29) is 12.2 Å². The van der Waals surface area contributed by atoms with E-state index in [2.05, 4.69) is 4.98 Å². The van der Waals surface area contributed by atoms with Gasteiger partial charge in [-0.1, -0.05) is 30.3 Å². The lowest BCUT2D eigenvalue weighted by atomic mass is 10.0. The van der Waals surface area contributed by atoms with Crippen molar-refractivity contribution in [2.75, 3.05) is 0 Å². The second-order valence-electron chi connectivity index (χ2n) is 5.53. The number of carbonyl (C=O) groups is 1. The maximum absolute atomic E-state index is 12.3. The highest BCUT2D eigenvalue weighted by molar-refractivity contribution is 5.77. The molecule has 0 fully saturated rings. The lowest BCUT2D eigenvalue weighted by molar-refractivity contribution is -0.141. The van der Waals surface area contributed by atoms with E-state index in [4.69, 9.17) is 5.21 Å². The maximum Gasteiger partial charge on any atom is 0.433 e. The minimum Gasteiger partial charge on any atom is -0.289 e. The Kier molecular flexibility index (Phi) is 8.61. The Morgan fingerprint density at radius 2 is 1.85 bits per heavy atom. The number of hydrogen-bond acceptors (Lipinski definition) is 3. The van der Waals surface area contributed by atoms with Crippen LogP contribution in [-0.2, 0) is 11.0 Å². The van der Waals surface area contributed by atoms with Crippen molar-refractivity contribution in [2.45, 2.75) is 32.9 Å². The maximum atomic E-state index is 12.3. The van der Waals surface area contributed by atoms with Gasteiger partial charge in [0.25, 0.3) is 0 Å². The summed E-state index contributed by atoms with van der Waals surface area (Å²) >= 11 is 0. The number of hydrogen-bond donors (Lipinski definition) is 2. The number of aryl methyl sites for hydroxylation is 1. The smallest absolute Gasteiger partial charge is 0.289 e. The molecule has 0 spiro atoms. The first-order chi connectivity index (χ1) is 12.7. The number of carbonyl (C=O) groups excluding carboxylic acids is 1. The van der Waals surface area contributed by atoms with Crippen LogP contribution >= 0.6 is 0 Å². The average Bonchev–Trinajstić information content (AvgIpc) is 2.64. The van der Waals surface area contributed by atoms with E-state index >= 15 is 0 Å². The number of nitrogens with zero attached hydrogens (tertiary/aromatic N) is 1. The van der Waals surface area contributed by atoms with Crippen LogP contribution in [0.15, 0.2) is 48.7 Å². The Morgan fingerprint density at radius 3 is 2.26 bits per heavy atom. The molecule has 1 heterocycles. The molecule has 0 saturated carbocycles. The molecule has 0 radical (unpaired) electrons. The number of nitrogens with one attached hydrogen (secondary N) is 1. The van der Waals surface area contributed by atoms with Crippen molar-refractivity contribution < 1.29 is 27.6 Å². The molecule has 0 aliphatic carbocycles. The largest absolute Gasteiger partial charge is 0.433 e. The molecule has 8 heteroatoms. The van der Waals surface area contributed by atoms with E-state index in [0.29, 0.717) is 23.1 Å². The summed E-state index contributed by atoms with van der Waals surface area (Å²) < 4.78 is 49.4. The van der Waals surface area contributed by atoms with Gasteiger partial charge in [-0.25, -0.2) is 9.87 Å². The molecule has 146 valence electrons. The number of pyridine rings is 1. The third kappa shape index (κ3) is 7.57. The predicted molar refractivity (Wildman–Crippen MR) is 93.2 cm³/mol. The summed E-state index contributed by atoms with van der Waals surface area (Å²) in [6.07, 6.45) is -1.32. The van der Waals surface area contributed by atoms with Gasteiger partial charge >= 0.3 is 6.18 Å². The number of allylic oxidation sites excluding steroid dienone is 2. The van der Waals surface area contributed by atoms with Gasteiger partial charge < -0.3 is 0 Å². The second kappa shape index (κ2) is 10.4. The second-order valence-corrected chi connectivity index (χ2v) is 5.53. The fourth-order valence-electron chi connectivity index (χ4n) is 2.06. The Bertz CT molecular complexity index is 751. The van der Waals surface area contributed by atoms with Crippen molar-refractivity contribution in [1.29, 1.82) is 0 Å². The van der Waals surface area contributed by atoms with Gasteiger partial charge in [-0.05, 0) is 49.1 Å². The lowest BCUT2D eigenvalue weighted by Crippen LogP contribution is -2.17. The van der Waals surface area contributed by atoms with Crippen LogP contribution in [0.25, 0.3) is 5.57 Å². The summed E-state index contributed by atoms with van der Waals surface area (Å²) in [5, 5.41) is 8.36. The van der Waals surface area contributed by atoms with Crippen LogP contribution in [0.2, 0.25) is 0 Å². The molecular weight excluding hydrogens is 364 g/mol. The summed E-state index contributed by atoms with van der Waals surface area (Å²) in [7, 11) is 0. The highest BCUT2D eigenvalue weighted by Gasteiger charge is 2.32. The van der Waals surface area contributed by atoms with Crippen molar-refractivity contribution in [3.63, 3.8) is 0 Å². The van der Waals surface area contributed by atoms with Crippen LogP contribution in [0.1, 0.15) is 36.6 Å². The Hall–Kier alpha value is -2.74. The molecule has 0 atom stereocenters. The third-order valence-electron chi connectivity index (χ3n) is 3.60. The average molecular weight is 384 g/mol. The highest BCUT2D eigenvalue weighted by Crippen LogP contribution is 2.28. The van der Waals surface area contributed by atoms with Crippen LogP contribution in [-0.4, -0.2) is 16.1 Å². The van der Waals surface area contributed by atoms with Crippen LogP contribution in [0.5, 0.6) is 0 Å². The Labute approximate surface area is 154 Å². The lowest BCUT2D eigenvalue weighted by Gasteiger charge is -2.09. The summed E-state index contributed by atoms with van der Waals surface area (Å²) in [5.74, 6) is -0.688. The number of benzene rings is 1. The molecule has 1 aromatic heterocycles. The number of hydroxylamine groups is 1. The van der Waals surface area contributed by atoms with Crippen LogP contribution in [0, 0.1) is 12.7 Å². The van der Waals surface area contributed by atoms with Crippen LogP contribution in [0.4, 0.5) is 17.6 Å². The third-order valence-corrected chi connectivity index (χ3v) is 3.60. The number of alkyl halides is 3. The van der Waals surface area contributed by atoms with E-state index < -0.39 is 17.8 Å². The molecular formula is C19H20F4N2O2. The van der Waals surface area contributed by atoms with E-state index in [1.54, 1.807) is 32.1 Å². The molecule has 27 heavy (non-hydrogen) atoms. The summed E-state index contributed by atoms with van der Waals surface area (Å²) in [5.41, 5.74) is 2.44. The first-order valence-corrected chi connectivity index (χ1v) is 8.02. The summed E-state index contributed by atoms with van der Waals surface area (Å²) in [4.78, 5) is 14.2. The Balaban J connectivity index is 0.000000377. The monoisotopic (exact) mass is 384 g/mol. The zero-order valence-electron chi connectivity index (χ0n) is 14.8. The summed E-state index contributed by atoms with van der Waals surface area (Å²) in [6, 6.07) is 8.90. The molecule has 0 bridgehead atoms. The van der Waals surface area contributed by atoms with Gasteiger partial charge in [0, 0.05) is 12.6 Å². The molecule has 2 rings (SSSR count). The van der Waals surface area contributed by atoms with Crippen molar-refractivity contribution in [1.82, 2.24) is 10.5 Å². The first-order valence-electron chi connectivity index (χ1n) is 8.02. The predicted octanol–water partition coefficient (Wildman–Crippen LogP) is 4.92. The highest BCUT2D eigenvalue weighted by atomic mass is 19.4. The van der Waals surface area contributed by atoms with Crippen LogP contribution in [0.3, 0.4) is 0 Å². The molecule has 2 N–H and O–H groups in total. The zero-order chi connectivity index (χ0) is 20.4. The van der Waals surface area contributed by atoms with E-state index in [1.165, 1.54) is 17.6 Å². The minimum absolute atomic E-state index is 0.0389. The number of halogens is 4. The number of amides is 1. The Morgan fingerprint density at radius 1 is 1.19 bits per heavy atom. The van der Waals surface area contributed by atoms with E-state index in [0.717, 1.165) is 12.3 Å². The minimum atomic E-state index is -4.47. The quantitative estimate of drug-likeness (QED) is 0.447. The van der Waals surface area contributed by atoms with Crippen molar-refractivity contribution in [3.05, 3.63) is 71.3 Å². The van der Waals surface area contributed by atoms with Crippen molar-refractivity contribution in [3.8, 4) is 0 Å². The van der Waals surface area contributed by atoms with Crippen LogP contribution < -0.4 is 5.48 Å². The molecule has 1 aromatic carbocycles. The van der Waals surface area contributed by atoms with Gasteiger partial charge in [0.1, 0.15) is 11.5 Å². The number of aromatic nitrogens is 1. The zero-order valence-corrected chi connectivity index (χ0v) is 14.8. The van der Waals surface area contributed by atoms with Gasteiger partial charge in [0.05, 0.1) is 0 Å². The SMILES string of the molecule is C/C=C(\CCC(=O)NO)c1ccc(C(F)(F)F)nc1.Cc1ccccc1F. The first kappa shape index (κ1) is 22.3. The molecule has 4 nitrogen and oxygen atoms in total. The fraction of sp³-hybridized carbons (Fsp3) is 0.263. The van der Waals surface area contributed by atoms with Gasteiger partial charge in [-0.2, -0.15) is 13.2 Å². The normalized spacial score (nSPS) is 11.4.